The smallest absolute Gasteiger partial charge is 0.343 e. The molecule has 33 heavy (non-hydrogen) atoms. The van der Waals surface area contributed by atoms with Crippen molar-refractivity contribution in [2.24, 2.45) is 0 Å². The average molecular weight is 438 g/mol. The van der Waals surface area contributed by atoms with Gasteiger partial charge in [0.1, 0.15) is 11.5 Å². The second-order valence-corrected chi connectivity index (χ2v) is 7.34. The van der Waals surface area contributed by atoms with E-state index < -0.39 is 5.97 Å². The van der Waals surface area contributed by atoms with E-state index in [0.29, 0.717) is 23.5 Å². The molecule has 0 amide bonds. The van der Waals surface area contributed by atoms with Gasteiger partial charge in [-0.1, -0.05) is 48.5 Å². The number of hydrogen-bond donors (Lipinski definition) is 1. The van der Waals surface area contributed by atoms with Gasteiger partial charge in [0.05, 0.1) is 17.7 Å². The molecule has 1 N–H and O–H groups in total. The molecule has 0 spiro atoms. The summed E-state index contributed by atoms with van der Waals surface area (Å²) in [6, 6.07) is 28.3. The minimum Gasteiger partial charge on any atom is -0.508 e. The molecule has 4 rings (SSSR count). The molecule has 0 radical (unpaired) electrons. The standard InChI is InChI=1S/C28H22O5/c1-2-32-27(30)23-7-3-20(4-8-23)22-13-17-26(18-14-22)33-28(31)24-9-5-19(6-10-24)21-11-15-25(29)16-12-21/h3-18,29H,2H2,1H3. The predicted octanol–water partition coefficient (Wildman–Crippen LogP) is 6.12. The molecule has 0 aliphatic carbocycles. The van der Waals surface area contributed by atoms with Crippen molar-refractivity contribution < 1.29 is 24.2 Å². The van der Waals surface area contributed by atoms with Gasteiger partial charge in [0, 0.05) is 0 Å². The minimum absolute atomic E-state index is 0.207. The Balaban J connectivity index is 1.41. The predicted molar refractivity (Wildman–Crippen MR) is 126 cm³/mol. The molecule has 0 aliphatic rings. The van der Waals surface area contributed by atoms with E-state index in [2.05, 4.69) is 0 Å². The third-order valence-electron chi connectivity index (χ3n) is 5.12. The Morgan fingerprint density at radius 3 is 1.45 bits per heavy atom. The molecule has 5 heteroatoms. The van der Waals surface area contributed by atoms with Crippen molar-refractivity contribution in [2.75, 3.05) is 6.61 Å². The lowest BCUT2D eigenvalue weighted by molar-refractivity contribution is 0.0526. The van der Waals surface area contributed by atoms with Crippen molar-refractivity contribution in [3.05, 3.63) is 108 Å². The Labute approximate surface area is 191 Å². The Bertz CT molecular complexity index is 1240. The van der Waals surface area contributed by atoms with Crippen molar-refractivity contribution >= 4 is 11.9 Å². The molecule has 0 unspecified atom stereocenters. The first kappa shape index (κ1) is 21.8. The maximum Gasteiger partial charge on any atom is 0.343 e. The molecule has 164 valence electrons. The molecule has 4 aromatic rings. The number of carbonyl (C=O) groups is 2. The second kappa shape index (κ2) is 9.83. The molecule has 0 bridgehead atoms. The van der Waals surface area contributed by atoms with E-state index in [0.717, 1.165) is 22.3 Å². The number of phenolic OH excluding ortho intramolecular Hbond substituents is 1. The lowest BCUT2D eigenvalue weighted by atomic mass is 10.0. The third kappa shape index (κ3) is 5.28. The molecule has 0 aliphatic heterocycles. The number of phenols is 1. The lowest BCUT2D eigenvalue weighted by Gasteiger charge is -2.08. The highest BCUT2D eigenvalue weighted by Gasteiger charge is 2.10. The summed E-state index contributed by atoms with van der Waals surface area (Å²) < 4.78 is 10.5. The van der Waals surface area contributed by atoms with Crippen LogP contribution in [0.3, 0.4) is 0 Å². The number of carbonyl (C=O) groups excluding carboxylic acids is 2. The largest absolute Gasteiger partial charge is 0.508 e. The fourth-order valence-electron chi connectivity index (χ4n) is 3.35. The van der Waals surface area contributed by atoms with Gasteiger partial charge in [-0.15, -0.1) is 0 Å². The maximum atomic E-state index is 12.5. The average Bonchev–Trinajstić information content (AvgIpc) is 2.85. The van der Waals surface area contributed by atoms with Crippen LogP contribution in [0.25, 0.3) is 22.3 Å². The molecule has 0 saturated heterocycles. The number of benzene rings is 4. The summed E-state index contributed by atoms with van der Waals surface area (Å²) >= 11 is 0. The third-order valence-corrected chi connectivity index (χ3v) is 5.12. The van der Waals surface area contributed by atoms with E-state index >= 15 is 0 Å². The molecule has 0 heterocycles. The number of esters is 2. The zero-order chi connectivity index (χ0) is 23.2. The Morgan fingerprint density at radius 1 is 0.606 bits per heavy atom. The quantitative estimate of drug-likeness (QED) is 0.290. The topological polar surface area (TPSA) is 72.8 Å². The first-order valence-electron chi connectivity index (χ1n) is 10.5. The SMILES string of the molecule is CCOC(=O)c1ccc(-c2ccc(OC(=O)c3ccc(-c4ccc(O)cc4)cc3)cc2)cc1. The van der Waals surface area contributed by atoms with Crippen LogP contribution in [-0.4, -0.2) is 23.7 Å². The summed E-state index contributed by atoms with van der Waals surface area (Å²) in [6.45, 7) is 2.11. The van der Waals surface area contributed by atoms with Crippen LogP contribution < -0.4 is 4.74 Å². The highest BCUT2D eigenvalue weighted by Crippen LogP contribution is 2.25. The van der Waals surface area contributed by atoms with Gasteiger partial charge in [0.15, 0.2) is 0 Å². The van der Waals surface area contributed by atoms with Gasteiger partial charge >= 0.3 is 11.9 Å². The summed E-state index contributed by atoms with van der Waals surface area (Å²) in [5.41, 5.74) is 4.69. The van der Waals surface area contributed by atoms with E-state index in [1.54, 1.807) is 55.5 Å². The van der Waals surface area contributed by atoms with Crippen molar-refractivity contribution in [1.29, 1.82) is 0 Å². The van der Waals surface area contributed by atoms with E-state index in [1.807, 2.05) is 48.5 Å². The van der Waals surface area contributed by atoms with Gasteiger partial charge in [-0.05, 0) is 77.7 Å². The second-order valence-electron chi connectivity index (χ2n) is 7.34. The molecule has 0 fully saturated rings. The number of rotatable bonds is 6. The first-order chi connectivity index (χ1) is 16.0. The molecule has 0 aromatic heterocycles. The van der Waals surface area contributed by atoms with Gasteiger partial charge < -0.3 is 14.6 Å². The van der Waals surface area contributed by atoms with Crippen LogP contribution in [0.15, 0.2) is 97.1 Å². The normalized spacial score (nSPS) is 10.5. The zero-order valence-electron chi connectivity index (χ0n) is 18.0. The summed E-state index contributed by atoms with van der Waals surface area (Å²) in [5.74, 6) is -0.144. The van der Waals surface area contributed by atoms with E-state index in [-0.39, 0.29) is 11.7 Å². The van der Waals surface area contributed by atoms with Crippen LogP contribution in [0, 0.1) is 0 Å². The van der Waals surface area contributed by atoms with Crippen molar-refractivity contribution in [3.63, 3.8) is 0 Å². The van der Waals surface area contributed by atoms with Crippen LogP contribution in [-0.2, 0) is 4.74 Å². The number of hydrogen-bond acceptors (Lipinski definition) is 5. The van der Waals surface area contributed by atoms with Crippen LogP contribution in [0.4, 0.5) is 0 Å². The Kier molecular flexibility index (Phi) is 6.51. The summed E-state index contributed by atoms with van der Waals surface area (Å²) in [4.78, 5) is 24.3. The maximum absolute atomic E-state index is 12.5. The summed E-state index contributed by atoms with van der Waals surface area (Å²) in [5, 5.41) is 9.41. The summed E-state index contributed by atoms with van der Waals surface area (Å²) in [6.07, 6.45) is 0. The van der Waals surface area contributed by atoms with Gasteiger partial charge in [-0.3, -0.25) is 0 Å². The first-order valence-corrected chi connectivity index (χ1v) is 10.5. The highest BCUT2D eigenvalue weighted by atomic mass is 16.5. The van der Waals surface area contributed by atoms with Crippen molar-refractivity contribution in [2.45, 2.75) is 6.92 Å². The molecule has 0 atom stereocenters. The van der Waals surface area contributed by atoms with Crippen LogP contribution >= 0.6 is 0 Å². The van der Waals surface area contributed by atoms with Crippen LogP contribution in [0.2, 0.25) is 0 Å². The van der Waals surface area contributed by atoms with Crippen molar-refractivity contribution in [1.82, 2.24) is 0 Å². The molecular formula is C28H22O5. The number of aromatic hydroxyl groups is 1. The van der Waals surface area contributed by atoms with E-state index in [9.17, 15) is 14.7 Å². The van der Waals surface area contributed by atoms with Crippen LogP contribution in [0.1, 0.15) is 27.6 Å². The monoisotopic (exact) mass is 438 g/mol. The Morgan fingerprint density at radius 2 is 1.00 bits per heavy atom. The summed E-state index contributed by atoms with van der Waals surface area (Å²) in [7, 11) is 0. The lowest BCUT2D eigenvalue weighted by Crippen LogP contribution is -2.08. The van der Waals surface area contributed by atoms with Gasteiger partial charge in [0.25, 0.3) is 0 Å². The fraction of sp³-hybridized carbons (Fsp3) is 0.0714. The van der Waals surface area contributed by atoms with Crippen LogP contribution in [0.5, 0.6) is 11.5 Å². The Hall–Kier alpha value is -4.38. The molecule has 5 nitrogen and oxygen atoms in total. The molecule has 0 saturated carbocycles. The van der Waals surface area contributed by atoms with Gasteiger partial charge in [-0.25, -0.2) is 9.59 Å². The molecule has 4 aromatic carbocycles. The molecular weight excluding hydrogens is 416 g/mol. The van der Waals surface area contributed by atoms with Gasteiger partial charge in [-0.2, -0.15) is 0 Å². The van der Waals surface area contributed by atoms with E-state index in [4.69, 9.17) is 9.47 Å². The van der Waals surface area contributed by atoms with Gasteiger partial charge in [0.2, 0.25) is 0 Å². The van der Waals surface area contributed by atoms with Crippen molar-refractivity contribution in [3.8, 4) is 33.8 Å². The highest BCUT2D eigenvalue weighted by molar-refractivity contribution is 5.92. The number of ether oxygens (including phenoxy) is 2. The fourth-order valence-corrected chi connectivity index (χ4v) is 3.35. The zero-order valence-corrected chi connectivity index (χ0v) is 18.0. The van der Waals surface area contributed by atoms with E-state index in [1.165, 1.54) is 0 Å². The minimum atomic E-state index is -0.446.